The molecule has 0 heterocycles. The van der Waals surface area contributed by atoms with Crippen LogP contribution >= 0.6 is 0 Å². The number of ether oxygens (including phenoxy) is 1. The fraction of sp³-hybridized carbons (Fsp3) is 0.357. The summed E-state index contributed by atoms with van der Waals surface area (Å²) in [6.45, 7) is 2.04. The predicted molar refractivity (Wildman–Crippen MR) is 73.8 cm³/mol. The van der Waals surface area contributed by atoms with Gasteiger partial charge in [-0.3, -0.25) is 9.59 Å². The maximum Gasteiger partial charge on any atom is 0.224 e. The quantitative estimate of drug-likeness (QED) is 0.685. The Bertz CT molecular complexity index is 488. The van der Waals surface area contributed by atoms with Gasteiger partial charge in [0.1, 0.15) is 0 Å². The molecule has 0 saturated carbocycles. The molecule has 0 fully saturated rings. The van der Waals surface area contributed by atoms with Crippen molar-refractivity contribution in [3.05, 3.63) is 30.2 Å². The van der Waals surface area contributed by atoms with Crippen LogP contribution in [0.15, 0.2) is 18.2 Å². The summed E-state index contributed by atoms with van der Waals surface area (Å²) in [5.41, 5.74) is 5.85. The molecule has 0 aromatic heterocycles. The average molecular weight is 279 g/mol. The zero-order chi connectivity index (χ0) is 15.1. The first kappa shape index (κ1) is 15.8. The number of phenolic OH excluding ortho intramolecular Hbond substituents is 1. The van der Waals surface area contributed by atoms with Gasteiger partial charge in [-0.25, -0.2) is 0 Å². The number of aromatic hydroxyl groups is 1. The number of phenols is 1. The number of rotatable bonds is 7. The van der Waals surface area contributed by atoms with Crippen LogP contribution in [-0.4, -0.2) is 24.0 Å². The fourth-order valence-electron chi connectivity index (χ4n) is 1.71. The Hall–Kier alpha value is -2.24. The van der Waals surface area contributed by atoms with Crippen LogP contribution in [0.2, 0.25) is 0 Å². The monoisotopic (exact) mass is 279 g/mol. The Labute approximate surface area is 117 Å². The van der Waals surface area contributed by atoms with Gasteiger partial charge < -0.3 is 20.9 Å². The highest BCUT2D eigenvalue weighted by Gasteiger charge is 2.12. The third kappa shape index (κ3) is 5.17. The Morgan fingerprint density at radius 1 is 1.50 bits per heavy atom. The lowest BCUT2D eigenvalue weighted by Gasteiger charge is -2.10. The summed E-state index contributed by atoms with van der Waals surface area (Å²) < 4.78 is 4.98. The van der Waals surface area contributed by atoms with E-state index < -0.39 is 5.91 Å². The number of carbonyl (C=O) groups is 2. The Morgan fingerprint density at radius 2 is 2.20 bits per heavy atom. The van der Waals surface area contributed by atoms with E-state index in [4.69, 9.17) is 10.5 Å². The minimum atomic E-state index is -0.440. The van der Waals surface area contributed by atoms with Crippen LogP contribution in [-0.2, 0) is 16.1 Å². The number of hydrogen-bond donors (Lipinski definition) is 3. The lowest BCUT2D eigenvalue weighted by atomic mass is 10.0. The minimum Gasteiger partial charge on any atom is -0.504 e. The molecule has 20 heavy (non-hydrogen) atoms. The molecule has 1 aromatic rings. The van der Waals surface area contributed by atoms with Crippen molar-refractivity contribution in [1.82, 2.24) is 5.32 Å². The van der Waals surface area contributed by atoms with Crippen molar-refractivity contribution >= 4 is 11.8 Å². The van der Waals surface area contributed by atoms with Crippen molar-refractivity contribution in [2.75, 3.05) is 7.11 Å². The molecule has 0 aliphatic heterocycles. The molecule has 0 unspecified atom stereocenters. The first-order valence-electron chi connectivity index (χ1n) is 6.19. The Balaban J connectivity index is 2.46. The zero-order valence-corrected chi connectivity index (χ0v) is 11.6. The van der Waals surface area contributed by atoms with Crippen molar-refractivity contribution in [3.63, 3.8) is 0 Å². The molecule has 1 aromatic carbocycles. The molecule has 1 rings (SSSR count). The molecule has 0 spiro atoms. The molecule has 4 N–H and O–H groups in total. The second-order valence-electron chi connectivity index (χ2n) is 4.54. The van der Waals surface area contributed by atoms with E-state index in [1.807, 2.05) is 0 Å². The first-order chi connectivity index (χ1) is 9.42. The van der Waals surface area contributed by atoms with E-state index in [9.17, 15) is 14.7 Å². The van der Waals surface area contributed by atoms with E-state index in [1.165, 1.54) is 19.6 Å². The number of hydrogen-bond acceptors (Lipinski definition) is 4. The second-order valence-corrected chi connectivity index (χ2v) is 4.54. The summed E-state index contributed by atoms with van der Waals surface area (Å²) in [7, 11) is 1.46. The van der Waals surface area contributed by atoms with Gasteiger partial charge in [-0.1, -0.05) is 13.0 Å². The molecule has 109 valence electrons. The van der Waals surface area contributed by atoms with Gasteiger partial charge in [0.05, 0.1) is 13.5 Å². The molecular formula is C14H19N2O4. The van der Waals surface area contributed by atoms with E-state index in [1.54, 1.807) is 19.1 Å². The van der Waals surface area contributed by atoms with Gasteiger partial charge in [0.2, 0.25) is 11.8 Å². The highest BCUT2D eigenvalue weighted by atomic mass is 16.5. The summed E-state index contributed by atoms with van der Waals surface area (Å²) >= 11 is 0. The number of benzene rings is 1. The van der Waals surface area contributed by atoms with E-state index in [2.05, 4.69) is 5.32 Å². The topological polar surface area (TPSA) is 102 Å². The molecule has 2 amide bonds. The van der Waals surface area contributed by atoms with Crippen molar-refractivity contribution in [2.24, 2.45) is 11.7 Å². The summed E-state index contributed by atoms with van der Waals surface area (Å²) in [4.78, 5) is 22.3. The number of nitrogens with one attached hydrogen (secondary N) is 1. The third-order valence-corrected chi connectivity index (χ3v) is 2.67. The smallest absolute Gasteiger partial charge is 0.224 e. The lowest BCUT2D eigenvalue weighted by molar-refractivity contribution is -0.119. The van der Waals surface area contributed by atoms with Crippen LogP contribution in [0.25, 0.3) is 0 Å². The predicted octanol–water partition coefficient (Wildman–Crippen LogP) is 0.733. The lowest BCUT2D eigenvalue weighted by Crippen LogP contribution is -2.26. The highest BCUT2D eigenvalue weighted by Crippen LogP contribution is 2.26. The normalized spacial score (nSPS) is 11.7. The number of nitrogens with two attached hydrogens (primary N) is 1. The van der Waals surface area contributed by atoms with Gasteiger partial charge >= 0.3 is 0 Å². The second kappa shape index (κ2) is 7.37. The fourth-order valence-corrected chi connectivity index (χ4v) is 1.71. The summed E-state index contributed by atoms with van der Waals surface area (Å²) in [5.74, 6) is -0.524. The summed E-state index contributed by atoms with van der Waals surface area (Å²) in [5, 5.41) is 12.1. The van der Waals surface area contributed by atoms with Crippen LogP contribution in [0.4, 0.5) is 0 Å². The van der Waals surface area contributed by atoms with Gasteiger partial charge in [-0.15, -0.1) is 0 Å². The molecular weight excluding hydrogens is 260 g/mol. The van der Waals surface area contributed by atoms with E-state index in [0.717, 1.165) is 5.56 Å². The third-order valence-electron chi connectivity index (χ3n) is 2.67. The maximum atomic E-state index is 11.6. The van der Waals surface area contributed by atoms with Gasteiger partial charge in [0, 0.05) is 13.0 Å². The standard InChI is InChI=1S/C14H19N2O4/c1-9(5-13(15)18)6-14(19)16-8-10-3-4-11(17)12(7-10)20-2/h3-4,6-7,9,17H,5,8H2,1-2H3,(H2,15,18)(H,16,19)/t9-/m1/s1. The molecule has 0 aliphatic carbocycles. The summed E-state index contributed by atoms with van der Waals surface area (Å²) in [6, 6.07) is 4.83. The van der Waals surface area contributed by atoms with Crippen molar-refractivity contribution in [1.29, 1.82) is 0 Å². The van der Waals surface area contributed by atoms with Crippen molar-refractivity contribution < 1.29 is 19.4 Å². The van der Waals surface area contributed by atoms with Gasteiger partial charge in [0.15, 0.2) is 11.5 Å². The van der Waals surface area contributed by atoms with Crippen LogP contribution in [0.5, 0.6) is 11.5 Å². The molecule has 1 atom stereocenters. The van der Waals surface area contributed by atoms with E-state index in [-0.39, 0.29) is 24.0 Å². The highest BCUT2D eigenvalue weighted by molar-refractivity contribution is 5.86. The van der Waals surface area contributed by atoms with Crippen molar-refractivity contribution in [2.45, 2.75) is 19.9 Å². The number of methoxy groups -OCH3 is 1. The Morgan fingerprint density at radius 3 is 2.80 bits per heavy atom. The van der Waals surface area contributed by atoms with Crippen molar-refractivity contribution in [3.8, 4) is 11.5 Å². The maximum absolute atomic E-state index is 11.6. The zero-order valence-electron chi connectivity index (χ0n) is 11.6. The molecule has 0 aliphatic rings. The first-order valence-corrected chi connectivity index (χ1v) is 6.19. The number of primary amides is 1. The van der Waals surface area contributed by atoms with Crippen LogP contribution in [0.1, 0.15) is 18.9 Å². The Kier molecular flexibility index (Phi) is 5.83. The minimum absolute atomic E-state index is 0.0456. The molecule has 6 nitrogen and oxygen atoms in total. The largest absolute Gasteiger partial charge is 0.504 e. The van der Waals surface area contributed by atoms with E-state index in [0.29, 0.717) is 12.3 Å². The molecule has 1 radical (unpaired) electrons. The van der Waals surface area contributed by atoms with Crippen LogP contribution < -0.4 is 15.8 Å². The van der Waals surface area contributed by atoms with Crippen LogP contribution in [0.3, 0.4) is 0 Å². The average Bonchev–Trinajstić information content (AvgIpc) is 2.36. The van der Waals surface area contributed by atoms with Gasteiger partial charge in [0.25, 0.3) is 0 Å². The molecule has 6 heteroatoms. The van der Waals surface area contributed by atoms with Gasteiger partial charge in [-0.05, 0) is 23.6 Å². The number of carbonyl (C=O) groups excluding carboxylic acids is 2. The van der Waals surface area contributed by atoms with E-state index >= 15 is 0 Å². The van der Waals surface area contributed by atoms with Gasteiger partial charge in [-0.2, -0.15) is 0 Å². The number of amides is 2. The SMILES string of the molecule is COc1cc(CNC(=O)[CH][C@H](C)CC(N)=O)ccc1O. The van der Waals surface area contributed by atoms with Crippen LogP contribution in [0, 0.1) is 12.3 Å². The molecule has 0 bridgehead atoms. The molecule has 0 saturated heterocycles. The summed E-state index contributed by atoms with van der Waals surface area (Å²) in [6.07, 6.45) is 1.56.